The highest BCUT2D eigenvalue weighted by Crippen LogP contribution is 2.27. The minimum absolute atomic E-state index is 0.295. The predicted octanol–water partition coefficient (Wildman–Crippen LogP) is 3.79. The highest BCUT2D eigenvalue weighted by molar-refractivity contribution is 9.10. The third-order valence-electron chi connectivity index (χ3n) is 3.60. The van der Waals surface area contributed by atoms with Crippen LogP contribution in [0, 0.1) is 6.92 Å². The molecular weight excluding hydrogens is 436 g/mol. The predicted molar refractivity (Wildman–Crippen MR) is 107 cm³/mol. The van der Waals surface area contributed by atoms with Crippen molar-refractivity contribution >= 4 is 39.3 Å². The fourth-order valence-corrected chi connectivity index (χ4v) is 2.88. The van der Waals surface area contributed by atoms with Gasteiger partial charge in [0.2, 0.25) is 0 Å². The van der Waals surface area contributed by atoms with Crippen molar-refractivity contribution in [1.82, 2.24) is 10.9 Å². The minimum atomic E-state index is -0.728. The SMILES string of the molecule is CCC(Oc1ccccc1C)C(=O)NNC(=O)COc1ccc(Br)cc1Cl. The van der Waals surface area contributed by atoms with E-state index in [1.54, 1.807) is 24.3 Å². The Morgan fingerprint density at radius 3 is 2.56 bits per heavy atom. The fraction of sp³-hybridized carbons (Fsp3) is 0.263. The maximum Gasteiger partial charge on any atom is 0.279 e. The van der Waals surface area contributed by atoms with E-state index >= 15 is 0 Å². The minimum Gasteiger partial charge on any atom is -0.482 e. The largest absolute Gasteiger partial charge is 0.482 e. The number of halogens is 2. The molecule has 2 amide bonds. The lowest BCUT2D eigenvalue weighted by Crippen LogP contribution is -2.49. The number of para-hydroxylation sites is 1. The summed E-state index contributed by atoms with van der Waals surface area (Å²) in [5.41, 5.74) is 5.58. The molecule has 6 nitrogen and oxygen atoms in total. The number of aryl methyl sites for hydroxylation is 1. The summed E-state index contributed by atoms with van der Waals surface area (Å²) < 4.78 is 11.9. The summed E-state index contributed by atoms with van der Waals surface area (Å²) in [6, 6.07) is 12.5. The van der Waals surface area contributed by atoms with Crippen molar-refractivity contribution in [2.24, 2.45) is 0 Å². The quantitative estimate of drug-likeness (QED) is 0.623. The molecule has 0 aromatic heterocycles. The molecule has 0 fully saturated rings. The van der Waals surface area contributed by atoms with Gasteiger partial charge < -0.3 is 9.47 Å². The van der Waals surface area contributed by atoms with Gasteiger partial charge in [0.25, 0.3) is 11.8 Å². The molecule has 0 aliphatic carbocycles. The van der Waals surface area contributed by atoms with Gasteiger partial charge in [0.15, 0.2) is 12.7 Å². The van der Waals surface area contributed by atoms with Crippen molar-refractivity contribution < 1.29 is 19.1 Å². The number of hydrogen-bond acceptors (Lipinski definition) is 4. The number of carbonyl (C=O) groups is 2. The molecule has 8 heteroatoms. The van der Waals surface area contributed by atoms with Crippen LogP contribution in [-0.4, -0.2) is 24.5 Å². The maximum absolute atomic E-state index is 12.2. The Labute approximate surface area is 171 Å². The van der Waals surface area contributed by atoms with Crippen molar-refractivity contribution in [3.05, 3.63) is 57.5 Å². The molecule has 0 aliphatic heterocycles. The van der Waals surface area contributed by atoms with Gasteiger partial charge in [0.05, 0.1) is 5.02 Å². The lowest BCUT2D eigenvalue weighted by Gasteiger charge is -2.18. The lowest BCUT2D eigenvalue weighted by molar-refractivity contribution is -0.134. The van der Waals surface area contributed by atoms with Crippen LogP contribution >= 0.6 is 27.5 Å². The second-order valence-electron chi connectivity index (χ2n) is 5.68. The van der Waals surface area contributed by atoms with E-state index in [1.165, 1.54) is 0 Å². The number of nitrogens with one attached hydrogen (secondary N) is 2. The molecule has 144 valence electrons. The number of amides is 2. The average Bonchev–Trinajstić information content (AvgIpc) is 2.64. The second-order valence-corrected chi connectivity index (χ2v) is 7.00. The number of hydrazine groups is 1. The van der Waals surface area contributed by atoms with Crippen molar-refractivity contribution in [2.45, 2.75) is 26.4 Å². The van der Waals surface area contributed by atoms with Crippen molar-refractivity contribution in [3.63, 3.8) is 0 Å². The smallest absolute Gasteiger partial charge is 0.279 e. The van der Waals surface area contributed by atoms with Crippen LogP contribution in [0.25, 0.3) is 0 Å². The molecule has 0 saturated carbocycles. The van der Waals surface area contributed by atoms with Crippen LogP contribution in [0.3, 0.4) is 0 Å². The molecule has 27 heavy (non-hydrogen) atoms. The number of hydrogen-bond donors (Lipinski definition) is 2. The van der Waals surface area contributed by atoms with E-state index in [0.29, 0.717) is 22.9 Å². The summed E-state index contributed by atoms with van der Waals surface area (Å²) in [4.78, 5) is 24.1. The van der Waals surface area contributed by atoms with Gasteiger partial charge in [-0.15, -0.1) is 0 Å². The molecule has 0 saturated heterocycles. The van der Waals surface area contributed by atoms with E-state index in [0.717, 1.165) is 10.0 Å². The maximum atomic E-state index is 12.2. The summed E-state index contributed by atoms with van der Waals surface area (Å²) in [6.07, 6.45) is -0.283. The standard InChI is InChI=1S/C19H20BrClN2O4/c1-3-15(27-16-7-5-4-6-12(16)2)19(25)23-22-18(24)11-26-17-9-8-13(20)10-14(17)21/h4-10,15H,3,11H2,1-2H3,(H,22,24)(H,23,25). The summed E-state index contributed by atoms with van der Waals surface area (Å²) in [5, 5.41) is 0.374. The zero-order valence-electron chi connectivity index (χ0n) is 14.9. The average molecular weight is 456 g/mol. The van der Waals surface area contributed by atoms with Gasteiger partial charge in [-0.1, -0.05) is 52.7 Å². The molecule has 0 heterocycles. The second kappa shape index (κ2) is 10.2. The molecule has 2 aromatic carbocycles. The zero-order valence-corrected chi connectivity index (χ0v) is 17.3. The molecule has 0 radical (unpaired) electrons. The number of rotatable bonds is 7. The van der Waals surface area contributed by atoms with Crippen molar-refractivity contribution in [2.75, 3.05) is 6.61 Å². The Balaban J connectivity index is 1.82. The van der Waals surface area contributed by atoms with Crippen molar-refractivity contribution in [1.29, 1.82) is 0 Å². The fourth-order valence-electron chi connectivity index (χ4n) is 2.15. The number of carbonyl (C=O) groups excluding carboxylic acids is 2. The topological polar surface area (TPSA) is 76.7 Å². The Kier molecular flexibility index (Phi) is 7.94. The van der Waals surface area contributed by atoms with Crippen LogP contribution in [0.1, 0.15) is 18.9 Å². The number of benzene rings is 2. The van der Waals surface area contributed by atoms with E-state index in [-0.39, 0.29) is 6.61 Å². The van der Waals surface area contributed by atoms with Crippen LogP contribution in [0.2, 0.25) is 5.02 Å². The van der Waals surface area contributed by atoms with Gasteiger partial charge in [-0.2, -0.15) is 0 Å². The molecule has 1 unspecified atom stereocenters. The third kappa shape index (κ3) is 6.45. The molecular formula is C19H20BrClN2O4. The summed E-state index contributed by atoms with van der Waals surface area (Å²) in [5.74, 6) is 0.0264. The van der Waals surface area contributed by atoms with E-state index < -0.39 is 17.9 Å². The normalized spacial score (nSPS) is 11.4. The Bertz CT molecular complexity index is 816. The first-order chi connectivity index (χ1) is 12.9. The van der Waals surface area contributed by atoms with Gasteiger partial charge >= 0.3 is 0 Å². The zero-order chi connectivity index (χ0) is 19.8. The summed E-state index contributed by atoms with van der Waals surface area (Å²) >= 11 is 9.30. The molecule has 0 aliphatic rings. The molecule has 0 spiro atoms. The van der Waals surface area contributed by atoms with E-state index in [9.17, 15) is 9.59 Å². The lowest BCUT2D eigenvalue weighted by atomic mass is 10.2. The van der Waals surface area contributed by atoms with Gasteiger partial charge in [0, 0.05) is 4.47 Å². The van der Waals surface area contributed by atoms with Gasteiger partial charge in [0.1, 0.15) is 11.5 Å². The summed E-state index contributed by atoms with van der Waals surface area (Å²) in [6.45, 7) is 3.42. The van der Waals surface area contributed by atoms with Crippen molar-refractivity contribution in [3.8, 4) is 11.5 Å². The van der Waals surface area contributed by atoms with E-state index in [1.807, 2.05) is 32.0 Å². The molecule has 0 bridgehead atoms. The summed E-state index contributed by atoms with van der Waals surface area (Å²) in [7, 11) is 0. The van der Waals surface area contributed by atoms with E-state index in [4.69, 9.17) is 21.1 Å². The first-order valence-corrected chi connectivity index (χ1v) is 9.46. The Morgan fingerprint density at radius 2 is 1.89 bits per heavy atom. The molecule has 2 aromatic rings. The van der Waals surface area contributed by atoms with Gasteiger partial charge in [-0.3, -0.25) is 20.4 Å². The first kappa shape index (κ1) is 21.1. The molecule has 2 rings (SSSR count). The van der Waals surface area contributed by atoms with Crippen LogP contribution < -0.4 is 20.3 Å². The Hall–Kier alpha value is -2.25. The highest BCUT2D eigenvalue weighted by Gasteiger charge is 2.19. The van der Waals surface area contributed by atoms with Gasteiger partial charge in [-0.05, 0) is 43.2 Å². The van der Waals surface area contributed by atoms with Gasteiger partial charge in [-0.25, -0.2) is 0 Å². The monoisotopic (exact) mass is 454 g/mol. The van der Waals surface area contributed by atoms with E-state index in [2.05, 4.69) is 26.8 Å². The van der Waals surface area contributed by atoms with Crippen LogP contribution in [0.15, 0.2) is 46.9 Å². The molecule has 1 atom stereocenters. The number of ether oxygens (including phenoxy) is 2. The molecule has 2 N–H and O–H groups in total. The first-order valence-electron chi connectivity index (χ1n) is 8.29. The highest BCUT2D eigenvalue weighted by atomic mass is 79.9. The van der Waals surface area contributed by atoms with Crippen LogP contribution in [-0.2, 0) is 9.59 Å². The van der Waals surface area contributed by atoms with Crippen LogP contribution in [0.4, 0.5) is 0 Å². The van der Waals surface area contributed by atoms with Crippen LogP contribution in [0.5, 0.6) is 11.5 Å². The third-order valence-corrected chi connectivity index (χ3v) is 4.39. The Morgan fingerprint density at radius 1 is 1.15 bits per heavy atom.